The van der Waals surface area contributed by atoms with E-state index in [1.807, 2.05) is 54.6 Å². The van der Waals surface area contributed by atoms with Gasteiger partial charge in [0.15, 0.2) is 0 Å². The number of aromatic hydroxyl groups is 1. The number of carbonyl (C=O) groups excluding carboxylic acids is 1. The lowest BCUT2D eigenvalue weighted by Gasteiger charge is -2.18. The highest BCUT2D eigenvalue weighted by Gasteiger charge is 2.16. The maximum absolute atomic E-state index is 12.6. The molecular weight excluding hydrogens is 314 g/mol. The van der Waals surface area contributed by atoms with Crippen molar-refractivity contribution in [2.75, 3.05) is 20.2 Å². The summed E-state index contributed by atoms with van der Waals surface area (Å²) in [5.74, 6) is 0.641. The third-order valence-electron chi connectivity index (χ3n) is 4.09. The Labute approximate surface area is 147 Å². The largest absolute Gasteiger partial charge is 0.507 e. The number of amides is 1. The van der Waals surface area contributed by atoms with Crippen molar-refractivity contribution in [2.45, 2.75) is 6.42 Å². The minimum Gasteiger partial charge on any atom is -0.507 e. The van der Waals surface area contributed by atoms with E-state index in [2.05, 4.69) is 0 Å². The van der Waals surface area contributed by atoms with Crippen molar-refractivity contribution in [3.63, 3.8) is 0 Å². The predicted molar refractivity (Wildman–Crippen MR) is 99.1 cm³/mol. The molecule has 128 valence electrons. The first-order chi connectivity index (χ1) is 12.1. The standard InChI is InChI=1S/C21H21NO3/c1-22(12-7-13-25-18-10-3-2-4-11-18)21(24)19-14-16-8-5-6-9-17(16)15-20(19)23/h2-6,8-11,14-15,23H,7,12-13H2,1H3. The van der Waals surface area contributed by atoms with Gasteiger partial charge in [0.2, 0.25) is 0 Å². The number of phenolic OH excluding ortho intramolecular Hbond substituents is 1. The Morgan fingerprint density at radius 2 is 1.64 bits per heavy atom. The van der Waals surface area contributed by atoms with Gasteiger partial charge < -0.3 is 14.7 Å². The molecule has 0 bridgehead atoms. The molecule has 0 heterocycles. The second kappa shape index (κ2) is 7.71. The third-order valence-corrected chi connectivity index (χ3v) is 4.09. The summed E-state index contributed by atoms with van der Waals surface area (Å²) in [7, 11) is 1.74. The molecule has 1 amide bonds. The van der Waals surface area contributed by atoms with E-state index in [0.717, 1.165) is 16.5 Å². The van der Waals surface area contributed by atoms with Crippen LogP contribution in [0, 0.1) is 0 Å². The van der Waals surface area contributed by atoms with Crippen molar-refractivity contribution in [2.24, 2.45) is 0 Å². The number of fused-ring (bicyclic) bond motifs is 1. The van der Waals surface area contributed by atoms with Crippen molar-refractivity contribution in [3.8, 4) is 11.5 Å². The molecule has 25 heavy (non-hydrogen) atoms. The highest BCUT2D eigenvalue weighted by molar-refractivity contribution is 6.01. The van der Waals surface area contributed by atoms with Crippen molar-refractivity contribution in [1.82, 2.24) is 4.90 Å². The van der Waals surface area contributed by atoms with Gasteiger partial charge in [0, 0.05) is 13.6 Å². The van der Waals surface area contributed by atoms with Gasteiger partial charge in [-0.25, -0.2) is 0 Å². The molecule has 4 heteroatoms. The first-order valence-corrected chi connectivity index (χ1v) is 8.30. The third kappa shape index (κ3) is 4.10. The van der Waals surface area contributed by atoms with Crippen LogP contribution in [0.3, 0.4) is 0 Å². The van der Waals surface area contributed by atoms with E-state index in [9.17, 15) is 9.90 Å². The molecular formula is C21H21NO3. The number of ether oxygens (including phenoxy) is 1. The van der Waals surface area contributed by atoms with Gasteiger partial charge in [-0.05, 0) is 41.5 Å². The zero-order valence-corrected chi connectivity index (χ0v) is 14.2. The smallest absolute Gasteiger partial charge is 0.257 e. The Kier molecular flexibility index (Phi) is 5.19. The molecule has 0 aliphatic heterocycles. The van der Waals surface area contributed by atoms with Crippen LogP contribution in [0.15, 0.2) is 66.7 Å². The molecule has 4 nitrogen and oxygen atoms in total. The molecule has 0 aliphatic rings. The SMILES string of the molecule is CN(CCCOc1ccccc1)C(=O)c1cc2ccccc2cc1O. The van der Waals surface area contributed by atoms with Gasteiger partial charge in [-0.15, -0.1) is 0 Å². The second-order valence-electron chi connectivity index (χ2n) is 5.96. The Balaban J connectivity index is 1.59. The predicted octanol–water partition coefficient (Wildman–Crippen LogP) is 4.09. The van der Waals surface area contributed by atoms with Crippen molar-refractivity contribution in [3.05, 3.63) is 72.3 Å². The molecule has 0 aromatic heterocycles. The van der Waals surface area contributed by atoms with Crippen molar-refractivity contribution in [1.29, 1.82) is 0 Å². The topological polar surface area (TPSA) is 49.8 Å². The second-order valence-corrected chi connectivity index (χ2v) is 5.96. The van der Waals surface area contributed by atoms with Crippen molar-refractivity contribution < 1.29 is 14.6 Å². The summed E-state index contributed by atoms with van der Waals surface area (Å²) in [4.78, 5) is 14.2. The number of phenols is 1. The summed E-state index contributed by atoms with van der Waals surface area (Å²) in [5, 5.41) is 12.0. The van der Waals surface area contributed by atoms with Crippen molar-refractivity contribution >= 4 is 16.7 Å². The van der Waals surface area contributed by atoms with E-state index in [1.54, 1.807) is 24.1 Å². The Hall–Kier alpha value is -3.01. The number of nitrogens with zero attached hydrogens (tertiary/aromatic N) is 1. The Morgan fingerprint density at radius 3 is 2.36 bits per heavy atom. The molecule has 3 aromatic rings. The fourth-order valence-corrected chi connectivity index (χ4v) is 2.72. The summed E-state index contributed by atoms with van der Waals surface area (Å²) >= 11 is 0. The number of carbonyl (C=O) groups is 1. The summed E-state index contributed by atoms with van der Waals surface area (Å²) in [5.41, 5.74) is 0.324. The van der Waals surface area contributed by atoms with E-state index in [0.29, 0.717) is 25.1 Å². The van der Waals surface area contributed by atoms with Crippen LogP contribution in [-0.2, 0) is 0 Å². The lowest BCUT2D eigenvalue weighted by Crippen LogP contribution is -2.28. The van der Waals surface area contributed by atoms with Crippen LogP contribution < -0.4 is 4.74 Å². The Bertz CT molecular complexity index is 861. The van der Waals surface area contributed by atoms with Crippen LogP contribution in [0.2, 0.25) is 0 Å². The van der Waals surface area contributed by atoms with E-state index in [4.69, 9.17) is 4.74 Å². The van der Waals surface area contributed by atoms with Crippen LogP contribution in [-0.4, -0.2) is 36.1 Å². The van der Waals surface area contributed by atoms with Gasteiger partial charge in [0.25, 0.3) is 5.91 Å². The molecule has 0 saturated carbocycles. The molecule has 0 atom stereocenters. The maximum Gasteiger partial charge on any atom is 0.257 e. The van der Waals surface area contributed by atoms with E-state index >= 15 is 0 Å². The zero-order chi connectivity index (χ0) is 17.6. The number of para-hydroxylation sites is 1. The lowest BCUT2D eigenvalue weighted by molar-refractivity contribution is 0.0785. The van der Waals surface area contributed by atoms with Crippen LogP contribution in [0.25, 0.3) is 10.8 Å². The number of rotatable bonds is 6. The normalized spacial score (nSPS) is 10.6. The molecule has 3 aromatic carbocycles. The number of benzene rings is 3. The molecule has 0 radical (unpaired) electrons. The van der Waals surface area contributed by atoms with Gasteiger partial charge >= 0.3 is 0 Å². The molecule has 0 saturated heterocycles. The van der Waals surface area contributed by atoms with Gasteiger partial charge in [0.1, 0.15) is 11.5 Å². The zero-order valence-electron chi connectivity index (χ0n) is 14.2. The summed E-state index contributed by atoms with van der Waals surface area (Å²) < 4.78 is 5.64. The average molecular weight is 335 g/mol. The van der Waals surface area contributed by atoms with Gasteiger partial charge in [-0.3, -0.25) is 4.79 Å². The quantitative estimate of drug-likeness (QED) is 0.690. The molecule has 1 N–H and O–H groups in total. The summed E-state index contributed by atoms with van der Waals surface area (Å²) in [6, 6.07) is 20.6. The van der Waals surface area contributed by atoms with E-state index < -0.39 is 0 Å². The summed E-state index contributed by atoms with van der Waals surface area (Å²) in [6.07, 6.45) is 0.714. The van der Waals surface area contributed by atoms with Crippen LogP contribution in [0.5, 0.6) is 11.5 Å². The van der Waals surface area contributed by atoms with E-state index in [-0.39, 0.29) is 11.7 Å². The minimum atomic E-state index is -0.192. The fourth-order valence-electron chi connectivity index (χ4n) is 2.72. The highest BCUT2D eigenvalue weighted by atomic mass is 16.5. The minimum absolute atomic E-state index is 0.0103. The lowest BCUT2D eigenvalue weighted by atomic mass is 10.1. The molecule has 0 aliphatic carbocycles. The average Bonchev–Trinajstić information content (AvgIpc) is 2.64. The van der Waals surface area contributed by atoms with Crippen LogP contribution >= 0.6 is 0 Å². The first kappa shape index (κ1) is 16.8. The van der Waals surface area contributed by atoms with Gasteiger partial charge in [0.05, 0.1) is 12.2 Å². The first-order valence-electron chi connectivity index (χ1n) is 8.30. The summed E-state index contributed by atoms with van der Waals surface area (Å²) in [6.45, 7) is 1.09. The highest BCUT2D eigenvalue weighted by Crippen LogP contribution is 2.26. The van der Waals surface area contributed by atoms with Crippen LogP contribution in [0.1, 0.15) is 16.8 Å². The van der Waals surface area contributed by atoms with E-state index in [1.165, 1.54) is 0 Å². The monoisotopic (exact) mass is 335 g/mol. The maximum atomic E-state index is 12.6. The van der Waals surface area contributed by atoms with Crippen LogP contribution in [0.4, 0.5) is 0 Å². The number of hydrogen-bond acceptors (Lipinski definition) is 3. The molecule has 0 fully saturated rings. The molecule has 0 unspecified atom stereocenters. The van der Waals surface area contributed by atoms with Gasteiger partial charge in [-0.1, -0.05) is 42.5 Å². The molecule has 0 spiro atoms. The Morgan fingerprint density at radius 1 is 1.00 bits per heavy atom. The fraction of sp³-hybridized carbons (Fsp3) is 0.190. The number of hydrogen-bond donors (Lipinski definition) is 1. The van der Waals surface area contributed by atoms with Gasteiger partial charge in [-0.2, -0.15) is 0 Å². The molecule has 3 rings (SSSR count).